The van der Waals surface area contributed by atoms with Gasteiger partial charge in [-0.2, -0.15) is 0 Å². The largest absolute Gasteiger partial charge is 0.507 e. The second-order valence-corrected chi connectivity index (χ2v) is 8.27. The predicted molar refractivity (Wildman–Crippen MR) is 138 cm³/mol. The normalized spacial score (nSPS) is 11.2. The van der Waals surface area contributed by atoms with Gasteiger partial charge in [0.1, 0.15) is 23.5 Å². The van der Waals surface area contributed by atoms with Crippen LogP contribution in [0.5, 0.6) is 17.2 Å². The van der Waals surface area contributed by atoms with E-state index in [-0.39, 0.29) is 28.8 Å². The van der Waals surface area contributed by atoms with Crippen LogP contribution in [-0.4, -0.2) is 36.2 Å². The molecule has 4 aromatic rings. The molecule has 0 radical (unpaired) electrons. The van der Waals surface area contributed by atoms with Gasteiger partial charge in [-0.15, -0.1) is 0 Å². The highest BCUT2D eigenvalue weighted by Crippen LogP contribution is 2.41. The molecule has 0 aliphatic heterocycles. The average molecular weight is 474 g/mol. The number of aromatic hydroxyl groups is 1. The molecular weight excluding hydrogens is 442 g/mol. The Morgan fingerprint density at radius 1 is 0.914 bits per heavy atom. The third-order valence-electron chi connectivity index (χ3n) is 5.96. The van der Waals surface area contributed by atoms with Gasteiger partial charge < -0.3 is 23.9 Å². The summed E-state index contributed by atoms with van der Waals surface area (Å²) in [5.41, 5.74) is 1.57. The molecule has 1 N–H and O–H groups in total. The van der Waals surface area contributed by atoms with Gasteiger partial charge in [-0.1, -0.05) is 74.5 Å². The summed E-state index contributed by atoms with van der Waals surface area (Å²) in [5, 5.41) is 10.8. The average Bonchev–Trinajstić information content (AvgIpc) is 2.89. The Kier molecular flexibility index (Phi) is 8.06. The standard InChI is InChI=1S/C29H31NO5/c1-3-30(4-2)16-11-17-33-28-26(34-20-21-12-7-5-8-13-21)19-24(32)27-23(31)18-25(35-29(27)28)22-14-9-6-10-15-22/h5-10,12-15,18-19,32H,3-4,11,16-17,20H2,1-2H3. The van der Waals surface area contributed by atoms with Gasteiger partial charge >= 0.3 is 0 Å². The van der Waals surface area contributed by atoms with Crippen LogP contribution in [0.1, 0.15) is 25.8 Å². The molecule has 0 saturated heterocycles. The van der Waals surface area contributed by atoms with Crippen molar-refractivity contribution >= 4 is 11.0 Å². The van der Waals surface area contributed by atoms with Crippen molar-refractivity contribution in [2.75, 3.05) is 26.2 Å². The SMILES string of the molecule is CCN(CC)CCCOc1c(OCc2ccccc2)cc(O)c2c(=O)cc(-c3ccccc3)oc12. The summed E-state index contributed by atoms with van der Waals surface area (Å²) < 4.78 is 18.4. The smallest absolute Gasteiger partial charge is 0.205 e. The first-order valence-electron chi connectivity index (χ1n) is 12.0. The third-order valence-corrected chi connectivity index (χ3v) is 5.96. The van der Waals surface area contributed by atoms with Crippen LogP contribution in [0, 0.1) is 0 Å². The van der Waals surface area contributed by atoms with Gasteiger partial charge in [0.05, 0.1) is 6.61 Å². The van der Waals surface area contributed by atoms with E-state index in [2.05, 4.69) is 18.7 Å². The van der Waals surface area contributed by atoms with Gasteiger partial charge in [-0.25, -0.2) is 0 Å². The van der Waals surface area contributed by atoms with Gasteiger partial charge in [0.2, 0.25) is 5.75 Å². The van der Waals surface area contributed by atoms with Gasteiger partial charge in [0.25, 0.3) is 0 Å². The minimum absolute atomic E-state index is 0.0792. The lowest BCUT2D eigenvalue weighted by Crippen LogP contribution is -2.25. The van der Waals surface area contributed by atoms with Gasteiger partial charge in [0.15, 0.2) is 16.8 Å². The molecule has 0 aliphatic rings. The molecule has 0 unspecified atom stereocenters. The molecular formula is C29H31NO5. The van der Waals surface area contributed by atoms with Gasteiger partial charge in [-0.3, -0.25) is 4.79 Å². The van der Waals surface area contributed by atoms with Crippen molar-refractivity contribution in [3.05, 3.63) is 88.6 Å². The third kappa shape index (κ3) is 5.84. The van der Waals surface area contributed by atoms with Crippen LogP contribution in [-0.2, 0) is 6.61 Å². The Morgan fingerprint density at radius 3 is 2.29 bits per heavy atom. The van der Waals surface area contributed by atoms with Crippen LogP contribution in [0.4, 0.5) is 0 Å². The molecule has 0 spiro atoms. The lowest BCUT2D eigenvalue weighted by Gasteiger charge is -2.19. The molecule has 0 fully saturated rings. The number of benzene rings is 3. The molecule has 6 heteroatoms. The van der Waals surface area contributed by atoms with Crippen LogP contribution in [0.15, 0.2) is 82.0 Å². The zero-order valence-electron chi connectivity index (χ0n) is 20.2. The molecule has 182 valence electrons. The number of phenols is 1. The monoisotopic (exact) mass is 473 g/mol. The second-order valence-electron chi connectivity index (χ2n) is 8.27. The maximum Gasteiger partial charge on any atom is 0.205 e. The molecule has 3 aromatic carbocycles. The number of rotatable bonds is 11. The molecule has 0 saturated carbocycles. The molecule has 6 nitrogen and oxygen atoms in total. The molecule has 0 atom stereocenters. The van der Waals surface area contributed by atoms with E-state index >= 15 is 0 Å². The van der Waals surface area contributed by atoms with Crippen molar-refractivity contribution in [3.63, 3.8) is 0 Å². The van der Waals surface area contributed by atoms with Crippen LogP contribution in [0.3, 0.4) is 0 Å². The van der Waals surface area contributed by atoms with Crippen LogP contribution >= 0.6 is 0 Å². The van der Waals surface area contributed by atoms with Crippen molar-refractivity contribution in [2.24, 2.45) is 0 Å². The summed E-state index contributed by atoms with van der Waals surface area (Å²) in [7, 11) is 0. The van der Waals surface area contributed by atoms with E-state index in [1.54, 1.807) is 0 Å². The molecule has 1 heterocycles. The zero-order valence-corrected chi connectivity index (χ0v) is 20.2. The van der Waals surface area contributed by atoms with E-state index in [0.717, 1.165) is 37.2 Å². The summed E-state index contributed by atoms with van der Waals surface area (Å²) in [4.78, 5) is 15.3. The maximum atomic E-state index is 13.0. The summed E-state index contributed by atoms with van der Waals surface area (Å²) in [5.74, 6) is 0.848. The van der Waals surface area contributed by atoms with Crippen molar-refractivity contribution in [3.8, 4) is 28.6 Å². The van der Waals surface area contributed by atoms with Crippen LogP contribution in [0.25, 0.3) is 22.3 Å². The summed E-state index contributed by atoms with van der Waals surface area (Å²) in [6.07, 6.45) is 0.796. The van der Waals surface area contributed by atoms with E-state index in [1.165, 1.54) is 12.1 Å². The Balaban J connectivity index is 1.73. The topological polar surface area (TPSA) is 72.1 Å². The van der Waals surface area contributed by atoms with E-state index in [9.17, 15) is 9.90 Å². The maximum absolute atomic E-state index is 13.0. The second kappa shape index (κ2) is 11.6. The predicted octanol–water partition coefficient (Wildman–Crippen LogP) is 5.86. The van der Waals surface area contributed by atoms with Crippen LogP contribution < -0.4 is 14.9 Å². The van der Waals surface area contributed by atoms with E-state index < -0.39 is 0 Å². The Hall–Kier alpha value is -3.77. The van der Waals surface area contributed by atoms with Crippen molar-refractivity contribution in [1.29, 1.82) is 0 Å². The summed E-state index contributed by atoms with van der Waals surface area (Å²) >= 11 is 0. The fourth-order valence-corrected chi connectivity index (χ4v) is 4.00. The quantitative estimate of drug-likeness (QED) is 0.275. The number of ether oxygens (including phenoxy) is 2. The number of hydrogen-bond donors (Lipinski definition) is 1. The molecule has 4 rings (SSSR count). The van der Waals surface area contributed by atoms with Gasteiger partial charge in [0, 0.05) is 24.2 Å². The van der Waals surface area contributed by atoms with Crippen molar-refractivity contribution in [2.45, 2.75) is 26.9 Å². The number of phenolic OH excluding ortho intramolecular Hbond substituents is 1. The highest BCUT2D eigenvalue weighted by Gasteiger charge is 2.21. The first-order valence-corrected chi connectivity index (χ1v) is 12.0. The van der Waals surface area contributed by atoms with E-state index in [0.29, 0.717) is 23.9 Å². The Bertz CT molecular complexity index is 1300. The minimum Gasteiger partial charge on any atom is -0.507 e. The highest BCUT2D eigenvalue weighted by atomic mass is 16.5. The molecule has 0 aliphatic carbocycles. The first-order chi connectivity index (χ1) is 17.1. The molecule has 35 heavy (non-hydrogen) atoms. The van der Waals surface area contributed by atoms with Gasteiger partial charge in [-0.05, 0) is 25.1 Å². The van der Waals surface area contributed by atoms with Crippen molar-refractivity contribution in [1.82, 2.24) is 4.90 Å². The minimum atomic E-state index is -0.342. The first kappa shape index (κ1) is 24.4. The highest BCUT2D eigenvalue weighted by molar-refractivity contribution is 5.91. The molecule has 0 amide bonds. The van der Waals surface area contributed by atoms with Crippen LogP contribution in [0.2, 0.25) is 0 Å². The van der Waals surface area contributed by atoms with E-state index in [4.69, 9.17) is 13.9 Å². The number of nitrogens with zero attached hydrogens (tertiary/aromatic N) is 1. The fourth-order valence-electron chi connectivity index (χ4n) is 4.00. The van der Waals surface area contributed by atoms with Crippen molar-refractivity contribution < 1.29 is 19.0 Å². The lowest BCUT2D eigenvalue weighted by molar-refractivity contribution is 0.233. The summed E-state index contributed by atoms with van der Waals surface area (Å²) in [6.45, 7) is 7.79. The number of hydrogen-bond acceptors (Lipinski definition) is 6. The fraction of sp³-hybridized carbons (Fsp3) is 0.276. The summed E-state index contributed by atoms with van der Waals surface area (Å²) in [6, 6.07) is 21.9. The Labute approximate surface area is 205 Å². The zero-order chi connectivity index (χ0) is 24.6. The molecule has 1 aromatic heterocycles. The molecule has 0 bridgehead atoms. The number of fused-ring (bicyclic) bond motifs is 1. The Morgan fingerprint density at radius 2 is 1.60 bits per heavy atom. The lowest BCUT2D eigenvalue weighted by atomic mass is 10.1. The van der Waals surface area contributed by atoms with E-state index in [1.807, 2.05) is 60.7 Å².